The average molecular weight is 430 g/mol. The molecule has 0 saturated heterocycles. The summed E-state index contributed by atoms with van der Waals surface area (Å²) in [4.78, 5) is 10.7. The Hall–Kier alpha value is -1.31. The fraction of sp³-hybridized carbons (Fsp3) is 0.759. The zero-order chi connectivity index (χ0) is 22.2. The smallest absolute Gasteiger partial charge is 0.150 e. The van der Waals surface area contributed by atoms with Gasteiger partial charge in [0, 0.05) is 17.8 Å². The summed E-state index contributed by atoms with van der Waals surface area (Å²) in [6.07, 6.45) is 29.4. The highest BCUT2D eigenvalue weighted by Crippen LogP contribution is 2.15. The molecule has 1 N–H and O–H groups in total. The van der Waals surface area contributed by atoms with Crippen molar-refractivity contribution in [3.63, 3.8) is 0 Å². The minimum atomic E-state index is 0.740. The van der Waals surface area contributed by atoms with Gasteiger partial charge in [-0.25, -0.2) is 0 Å². The first-order valence-electron chi connectivity index (χ1n) is 13.7. The molecule has 0 aromatic heterocycles. The Morgan fingerprint density at radius 2 is 0.903 bits per heavy atom. The zero-order valence-corrected chi connectivity index (χ0v) is 20.6. The number of nitrogens with one attached hydrogen (secondary N) is 1. The lowest BCUT2D eigenvalue weighted by atomic mass is 10.0. The van der Waals surface area contributed by atoms with Gasteiger partial charge < -0.3 is 5.32 Å². The van der Waals surface area contributed by atoms with Crippen LogP contribution >= 0.6 is 0 Å². The van der Waals surface area contributed by atoms with Crippen molar-refractivity contribution in [1.82, 2.24) is 0 Å². The Kier molecular flexibility index (Phi) is 19.6. The molecule has 0 spiro atoms. The molecule has 1 aromatic carbocycles. The summed E-state index contributed by atoms with van der Waals surface area (Å²) in [5, 5.41) is 3.44. The Morgan fingerprint density at radius 1 is 0.548 bits per heavy atom. The van der Waals surface area contributed by atoms with Crippen molar-refractivity contribution in [2.75, 3.05) is 11.9 Å². The second kappa shape index (κ2) is 21.9. The van der Waals surface area contributed by atoms with Gasteiger partial charge in [0.25, 0.3) is 0 Å². The molecule has 1 rings (SSSR count). The summed E-state index contributed by atoms with van der Waals surface area (Å²) in [7, 11) is 0. The van der Waals surface area contributed by atoms with Crippen LogP contribution in [0.1, 0.15) is 146 Å². The largest absolute Gasteiger partial charge is 0.385 e. The lowest BCUT2D eigenvalue weighted by Crippen LogP contribution is -2.01. The van der Waals surface area contributed by atoms with Gasteiger partial charge in [0.1, 0.15) is 6.29 Å². The van der Waals surface area contributed by atoms with E-state index in [2.05, 4.69) is 12.2 Å². The van der Waals surface area contributed by atoms with E-state index < -0.39 is 0 Å². The van der Waals surface area contributed by atoms with Gasteiger partial charge in [-0.05, 0) is 30.7 Å². The molecule has 0 fully saturated rings. The highest BCUT2D eigenvalue weighted by Gasteiger charge is 1.96. The van der Waals surface area contributed by atoms with Crippen LogP contribution in [-0.4, -0.2) is 12.8 Å². The van der Waals surface area contributed by atoms with Crippen molar-refractivity contribution in [3.05, 3.63) is 29.8 Å². The van der Waals surface area contributed by atoms with Crippen LogP contribution in [0.2, 0.25) is 0 Å². The van der Waals surface area contributed by atoms with Crippen LogP contribution in [0, 0.1) is 0 Å². The van der Waals surface area contributed by atoms with Crippen LogP contribution < -0.4 is 5.32 Å². The number of carbonyl (C=O) groups excluding carboxylic acids is 1. The Morgan fingerprint density at radius 3 is 1.26 bits per heavy atom. The molecule has 178 valence electrons. The van der Waals surface area contributed by atoms with E-state index in [4.69, 9.17) is 0 Å². The first-order valence-corrected chi connectivity index (χ1v) is 13.7. The molecule has 0 bridgehead atoms. The van der Waals surface area contributed by atoms with Gasteiger partial charge in [0.15, 0.2) is 0 Å². The molecule has 0 aliphatic carbocycles. The highest BCUT2D eigenvalue weighted by molar-refractivity contribution is 5.75. The van der Waals surface area contributed by atoms with Crippen molar-refractivity contribution in [2.45, 2.75) is 135 Å². The maximum absolute atomic E-state index is 10.7. The minimum Gasteiger partial charge on any atom is -0.385 e. The van der Waals surface area contributed by atoms with Gasteiger partial charge in [-0.15, -0.1) is 0 Å². The summed E-state index contributed by atoms with van der Waals surface area (Å²) in [5.41, 5.74) is 1.85. The maximum atomic E-state index is 10.7. The number of aldehydes is 1. The zero-order valence-electron chi connectivity index (χ0n) is 20.6. The highest BCUT2D eigenvalue weighted by atomic mass is 16.1. The van der Waals surface area contributed by atoms with Gasteiger partial charge >= 0.3 is 0 Å². The fourth-order valence-electron chi connectivity index (χ4n) is 4.29. The Labute approximate surface area is 194 Å². The molecule has 2 heteroatoms. The third-order valence-electron chi connectivity index (χ3n) is 6.41. The van der Waals surface area contributed by atoms with E-state index >= 15 is 0 Å². The number of hydrogen-bond acceptors (Lipinski definition) is 2. The van der Waals surface area contributed by atoms with Crippen molar-refractivity contribution < 1.29 is 4.79 Å². The van der Waals surface area contributed by atoms with E-state index in [0.717, 1.165) is 24.1 Å². The summed E-state index contributed by atoms with van der Waals surface area (Å²) >= 11 is 0. The van der Waals surface area contributed by atoms with E-state index in [1.54, 1.807) is 0 Å². The predicted molar refractivity (Wildman–Crippen MR) is 138 cm³/mol. The van der Waals surface area contributed by atoms with E-state index in [9.17, 15) is 4.79 Å². The molecule has 0 aliphatic rings. The van der Waals surface area contributed by atoms with Crippen LogP contribution in [0.25, 0.3) is 0 Å². The molecule has 0 aliphatic heterocycles. The molecule has 0 amide bonds. The van der Waals surface area contributed by atoms with Crippen molar-refractivity contribution in [1.29, 1.82) is 0 Å². The molecule has 0 atom stereocenters. The van der Waals surface area contributed by atoms with Crippen LogP contribution in [0.4, 0.5) is 5.69 Å². The summed E-state index contributed by atoms with van der Waals surface area (Å²) in [6.45, 7) is 3.32. The van der Waals surface area contributed by atoms with Crippen molar-refractivity contribution in [3.8, 4) is 0 Å². The Balaban J connectivity index is 1.71. The summed E-state index contributed by atoms with van der Waals surface area (Å²) in [6, 6.07) is 7.71. The molecule has 1 aromatic rings. The lowest BCUT2D eigenvalue weighted by Gasteiger charge is -2.06. The quantitative estimate of drug-likeness (QED) is 0.138. The number of hydrogen-bond donors (Lipinski definition) is 1. The lowest BCUT2D eigenvalue weighted by molar-refractivity contribution is 0.112. The third kappa shape index (κ3) is 18.0. The second-order valence-electron chi connectivity index (χ2n) is 9.38. The van der Waals surface area contributed by atoms with Gasteiger partial charge in [-0.3, -0.25) is 4.79 Å². The van der Waals surface area contributed by atoms with Gasteiger partial charge in [-0.1, -0.05) is 129 Å². The molecular weight excluding hydrogens is 378 g/mol. The minimum absolute atomic E-state index is 0.740. The van der Waals surface area contributed by atoms with E-state index in [1.165, 1.54) is 128 Å². The molecule has 31 heavy (non-hydrogen) atoms. The third-order valence-corrected chi connectivity index (χ3v) is 6.41. The monoisotopic (exact) mass is 429 g/mol. The SMILES string of the molecule is CCCCCCCCCCCCCCCCCCCCCCNc1ccc(C=O)cc1. The van der Waals surface area contributed by atoms with Crippen molar-refractivity contribution in [2.24, 2.45) is 0 Å². The molecule has 0 heterocycles. The van der Waals surface area contributed by atoms with E-state index in [0.29, 0.717) is 0 Å². The summed E-state index contributed by atoms with van der Waals surface area (Å²) in [5.74, 6) is 0. The van der Waals surface area contributed by atoms with Gasteiger partial charge in [-0.2, -0.15) is 0 Å². The second-order valence-corrected chi connectivity index (χ2v) is 9.38. The molecule has 0 radical (unpaired) electrons. The van der Waals surface area contributed by atoms with Crippen molar-refractivity contribution >= 4 is 12.0 Å². The molecular formula is C29H51NO. The molecule has 0 saturated carbocycles. The van der Waals surface area contributed by atoms with Crippen LogP contribution in [0.5, 0.6) is 0 Å². The number of benzene rings is 1. The number of rotatable bonds is 23. The van der Waals surface area contributed by atoms with Crippen LogP contribution in [0.15, 0.2) is 24.3 Å². The van der Waals surface area contributed by atoms with Crippen LogP contribution in [0.3, 0.4) is 0 Å². The summed E-state index contributed by atoms with van der Waals surface area (Å²) < 4.78 is 0. The molecule has 2 nitrogen and oxygen atoms in total. The number of carbonyl (C=O) groups is 1. The topological polar surface area (TPSA) is 29.1 Å². The number of anilines is 1. The molecule has 0 unspecified atom stereocenters. The van der Waals surface area contributed by atoms with Gasteiger partial charge in [0.2, 0.25) is 0 Å². The first-order chi connectivity index (χ1) is 15.4. The average Bonchev–Trinajstić information content (AvgIpc) is 2.80. The normalized spacial score (nSPS) is 11.0. The maximum Gasteiger partial charge on any atom is 0.150 e. The van der Waals surface area contributed by atoms with E-state index in [1.807, 2.05) is 24.3 Å². The fourth-order valence-corrected chi connectivity index (χ4v) is 4.29. The van der Waals surface area contributed by atoms with Gasteiger partial charge in [0.05, 0.1) is 0 Å². The predicted octanol–water partition coefficient (Wildman–Crippen LogP) is 9.73. The van der Waals surface area contributed by atoms with Crippen LogP contribution in [-0.2, 0) is 0 Å². The first kappa shape index (κ1) is 27.7. The standard InChI is InChI=1S/C29H51NO/c1-2-3-4-5-6-7-8-9-10-11-12-13-14-15-16-17-18-19-20-21-26-30-29-24-22-28(27-31)23-25-29/h22-25,27,30H,2-21,26H2,1H3. The Bertz CT molecular complexity index is 496. The van der Waals surface area contributed by atoms with E-state index in [-0.39, 0.29) is 0 Å². The number of unbranched alkanes of at least 4 members (excludes halogenated alkanes) is 19.